The standard InChI is InChI=1S/C13H17N3O4S/c17-16(18)12-1-3-13(4-2-12)21(19,20)15-8-10-5-6-14-7-11(10)9-15/h1-4,10-11,14H,5-9H2. The Morgan fingerprint density at radius 2 is 1.86 bits per heavy atom. The van der Waals surface area contributed by atoms with Gasteiger partial charge in [0.2, 0.25) is 10.0 Å². The smallest absolute Gasteiger partial charge is 0.269 e. The number of rotatable bonds is 3. The van der Waals surface area contributed by atoms with Crippen LogP contribution in [-0.2, 0) is 10.0 Å². The van der Waals surface area contributed by atoms with Gasteiger partial charge in [0, 0.05) is 25.2 Å². The van der Waals surface area contributed by atoms with Crippen molar-refractivity contribution in [2.45, 2.75) is 11.3 Å². The van der Waals surface area contributed by atoms with E-state index in [1.165, 1.54) is 28.6 Å². The summed E-state index contributed by atoms with van der Waals surface area (Å²) in [5, 5.41) is 13.9. The summed E-state index contributed by atoms with van der Waals surface area (Å²) in [5.41, 5.74) is -0.103. The Hall–Kier alpha value is -1.51. The number of hydrogen-bond donors (Lipinski definition) is 1. The fraction of sp³-hybridized carbons (Fsp3) is 0.538. The van der Waals surface area contributed by atoms with Gasteiger partial charge in [-0.05, 0) is 43.5 Å². The van der Waals surface area contributed by atoms with E-state index in [0.29, 0.717) is 24.9 Å². The third kappa shape index (κ3) is 2.66. The molecule has 3 rings (SSSR count). The Bertz CT molecular complexity index is 630. The number of nitrogens with zero attached hydrogens (tertiary/aromatic N) is 2. The molecule has 2 unspecified atom stereocenters. The largest absolute Gasteiger partial charge is 0.316 e. The van der Waals surface area contributed by atoms with E-state index in [2.05, 4.69) is 5.32 Å². The number of nitro benzene ring substituents is 1. The van der Waals surface area contributed by atoms with Crippen LogP contribution < -0.4 is 5.32 Å². The summed E-state index contributed by atoms with van der Waals surface area (Å²) in [7, 11) is -3.56. The number of nitrogens with one attached hydrogen (secondary N) is 1. The van der Waals surface area contributed by atoms with E-state index in [1.54, 1.807) is 0 Å². The van der Waals surface area contributed by atoms with Gasteiger partial charge in [0.05, 0.1) is 9.82 Å². The van der Waals surface area contributed by atoms with E-state index >= 15 is 0 Å². The van der Waals surface area contributed by atoms with Crippen LogP contribution in [0.5, 0.6) is 0 Å². The Morgan fingerprint density at radius 3 is 2.48 bits per heavy atom. The minimum absolute atomic E-state index is 0.103. The van der Waals surface area contributed by atoms with Crippen LogP contribution in [0.3, 0.4) is 0 Å². The highest BCUT2D eigenvalue weighted by atomic mass is 32.2. The number of fused-ring (bicyclic) bond motifs is 1. The third-order valence-corrected chi connectivity index (χ3v) is 6.17. The molecule has 1 aromatic carbocycles. The lowest BCUT2D eigenvalue weighted by Gasteiger charge is -2.24. The molecule has 0 radical (unpaired) electrons. The van der Waals surface area contributed by atoms with Crippen LogP contribution in [0.4, 0.5) is 5.69 Å². The highest BCUT2D eigenvalue weighted by molar-refractivity contribution is 7.89. The monoisotopic (exact) mass is 311 g/mol. The molecule has 8 heteroatoms. The van der Waals surface area contributed by atoms with E-state index in [1.807, 2.05) is 0 Å². The molecular weight excluding hydrogens is 294 g/mol. The van der Waals surface area contributed by atoms with Crippen molar-refractivity contribution < 1.29 is 13.3 Å². The van der Waals surface area contributed by atoms with Gasteiger partial charge in [0.25, 0.3) is 5.69 Å². The van der Waals surface area contributed by atoms with Gasteiger partial charge in [-0.25, -0.2) is 8.42 Å². The van der Waals surface area contributed by atoms with E-state index in [-0.39, 0.29) is 10.6 Å². The normalized spacial score (nSPS) is 26.5. The van der Waals surface area contributed by atoms with Crippen LogP contribution in [0, 0.1) is 22.0 Å². The number of nitro groups is 1. The van der Waals surface area contributed by atoms with Gasteiger partial charge in [0.15, 0.2) is 0 Å². The van der Waals surface area contributed by atoms with Crippen molar-refractivity contribution >= 4 is 15.7 Å². The first-order valence-electron chi connectivity index (χ1n) is 6.94. The van der Waals surface area contributed by atoms with Crippen molar-refractivity contribution in [2.75, 3.05) is 26.2 Å². The zero-order valence-electron chi connectivity index (χ0n) is 11.4. The van der Waals surface area contributed by atoms with Crippen molar-refractivity contribution in [1.82, 2.24) is 9.62 Å². The highest BCUT2D eigenvalue weighted by Crippen LogP contribution is 2.32. The summed E-state index contributed by atoms with van der Waals surface area (Å²) in [6.07, 6.45) is 0.997. The van der Waals surface area contributed by atoms with Gasteiger partial charge in [-0.3, -0.25) is 10.1 Å². The molecule has 2 atom stereocenters. The molecule has 1 aromatic rings. The second-order valence-corrected chi connectivity index (χ2v) is 7.52. The average molecular weight is 311 g/mol. The van der Waals surface area contributed by atoms with Gasteiger partial charge in [-0.1, -0.05) is 0 Å². The number of hydrogen-bond acceptors (Lipinski definition) is 5. The zero-order valence-corrected chi connectivity index (χ0v) is 12.3. The maximum atomic E-state index is 12.6. The van der Waals surface area contributed by atoms with E-state index in [0.717, 1.165) is 19.5 Å². The van der Waals surface area contributed by atoms with Crippen LogP contribution >= 0.6 is 0 Å². The van der Waals surface area contributed by atoms with Crippen molar-refractivity contribution in [3.8, 4) is 0 Å². The molecule has 2 fully saturated rings. The summed E-state index contributed by atoms with van der Waals surface area (Å²) in [6, 6.07) is 5.09. The van der Waals surface area contributed by atoms with E-state index in [9.17, 15) is 18.5 Å². The molecule has 7 nitrogen and oxygen atoms in total. The van der Waals surface area contributed by atoms with Crippen LogP contribution in [0.2, 0.25) is 0 Å². The summed E-state index contributed by atoms with van der Waals surface area (Å²) in [4.78, 5) is 10.2. The Labute approximate surface area is 123 Å². The number of benzene rings is 1. The maximum absolute atomic E-state index is 12.6. The van der Waals surface area contributed by atoms with Gasteiger partial charge < -0.3 is 5.32 Å². The minimum atomic E-state index is -3.56. The third-order valence-electron chi connectivity index (χ3n) is 4.33. The minimum Gasteiger partial charge on any atom is -0.316 e. The van der Waals surface area contributed by atoms with E-state index in [4.69, 9.17) is 0 Å². The lowest BCUT2D eigenvalue weighted by Crippen LogP contribution is -2.35. The van der Waals surface area contributed by atoms with Crippen molar-refractivity contribution in [3.05, 3.63) is 34.4 Å². The lowest BCUT2D eigenvalue weighted by molar-refractivity contribution is -0.384. The van der Waals surface area contributed by atoms with Gasteiger partial charge in [0.1, 0.15) is 0 Å². The molecule has 2 aliphatic rings. The second kappa shape index (κ2) is 5.36. The first-order chi connectivity index (χ1) is 9.98. The lowest BCUT2D eigenvalue weighted by atomic mass is 9.90. The molecule has 0 amide bonds. The van der Waals surface area contributed by atoms with Gasteiger partial charge in [-0.2, -0.15) is 4.31 Å². The molecule has 0 aromatic heterocycles. The predicted molar refractivity (Wildman–Crippen MR) is 76.3 cm³/mol. The summed E-state index contributed by atoms with van der Waals surface area (Å²) in [6.45, 7) is 2.87. The average Bonchev–Trinajstić information content (AvgIpc) is 2.92. The number of sulfonamides is 1. The van der Waals surface area contributed by atoms with Gasteiger partial charge in [-0.15, -0.1) is 0 Å². The van der Waals surface area contributed by atoms with Crippen LogP contribution in [-0.4, -0.2) is 43.8 Å². The molecule has 21 heavy (non-hydrogen) atoms. The van der Waals surface area contributed by atoms with Crippen LogP contribution in [0.15, 0.2) is 29.2 Å². The number of piperidine rings is 1. The SMILES string of the molecule is O=[N+]([O-])c1ccc(S(=O)(=O)N2CC3CCNCC3C2)cc1. The molecule has 2 aliphatic heterocycles. The van der Waals surface area contributed by atoms with E-state index < -0.39 is 14.9 Å². The Morgan fingerprint density at radius 1 is 1.19 bits per heavy atom. The summed E-state index contributed by atoms with van der Waals surface area (Å²) >= 11 is 0. The summed E-state index contributed by atoms with van der Waals surface area (Å²) in [5.74, 6) is 0.783. The molecule has 0 aliphatic carbocycles. The first-order valence-corrected chi connectivity index (χ1v) is 8.38. The molecule has 0 bridgehead atoms. The Balaban J connectivity index is 1.82. The van der Waals surface area contributed by atoms with Crippen molar-refractivity contribution in [2.24, 2.45) is 11.8 Å². The molecule has 114 valence electrons. The fourth-order valence-corrected chi connectivity index (χ4v) is 4.67. The van der Waals surface area contributed by atoms with Crippen molar-refractivity contribution in [3.63, 3.8) is 0 Å². The molecule has 2 saturated heterocycles. The highest BCUT2D eigenvalue weighted by Gasteiger charge is 2.40. The van der Waals surface area contributed by atoms with Gasteiger partial charge >= 0.3 is 0 Å². The molecule has 0 saturated carbocycles. The maximum Gasteiger partial charge on any atom is 0.269 e. The zero-order chi connectivity index (χ0) is 15.0. The molecular formula is C13H17N3O4S. The first kappa shape index (κ1) is 14.4. The van der Waals surface area contributed by atoms with Crippen LogP contribution in [0.25, 0.3) is 0 Å². The Kier molecular flexibility index (Phi) is 3.68. The quantitative estimate of drug-likeness (QED) is 0.659. The molecule has 0 spiro atoms. The number of non-ortho nitro benzene ring substituents is 1. The fourth-order valence-electron chi connectivity index (χ4n) is 3.11. The van der Waals surface area contributed by atoms with Crippen molar-refractivity contribution in [1.29, 1.82) is 0 Å². The summed E-state index contributed by atoms with van der Waals surface area (Å²) < 4.78 is 26.7. The molecule has 2 heterocycles. The second-order valence-electron chi connectivity index (χ2n) is 5.59. The topological polar surface area (TPSA) is 92.5 Å². The predicted octanol–water partition coefficient (Wildman–Crippen LogP) is 0.825. The van der Waals surface area contributed by atoms with Crippen LogP contribution in [0.1, 0.15) is 6.42 Å². The molecule has 1 N–H and O–H groups in total.